The van der Waals surface area contributed by atoms with Gasteiger partial charge in [-0.25, -0.2) is 9.13 Å². The normalized spacial score (nSPS) is 14.3. The lowest BCUT2D eigenvalue weighted by atomic mass is 9.99. The van der Waals surface area contributed by atoms with Gasteiger partial charge in [0.05, 0.1) is 26.4 Å². The molecular weight excluding hydrogens is 1280 g/mol. The number of hydrogen-bond acceptors (Lipinski definition) is 15. The third-order valence-electron chi connectivity index (χ3n) is 18.7. The standard InChI is InChI=1S/C79H154O17P2/c1-8-10-11-12-13-14-31-39-46-53-60-76(81)89-67-75(96-79(84)63-56-49-42-35-34-38-45-52-59-72(7)9-2)69-94-98(87,88)92-65-73(80)64-91-97(85,86)93-68-74(66-90-77(82)61-54-47-40-32-27-23-20-19-22-26-30-37-44-51-58-71(5)6)95-78(83)62-55-48-41-33-28-24-18-16-15-17-21-25-29-36-43-50-57-70(3)4/h70-75,80H,8-69H2,1-7H3,(H,85,86)(H,87,88)/t72?,73-,74-,75-/m1/s1. The molecule has 0 aromatic rings. The molecule has 0 saturated heterocycles. The second-order valence-corrected chi connectivity index (χ2v) is 32.6. The second-order valence-electron chi connectivity index (χ2n) is 29.6. The quantitative estimate of drug-likeness (QED) is 0.0222. The molecule has 0 saturated carbocycles. The van der Waals surface area contributed by atoms with E-state index >= 15 is 0 Å². The van der Waals surface area contributed by atoms with Gasteiger partial charge in [0.1, 0.15) is 19.3 Å². The highest BCUT2D eigenvalue weighted by Gasteiger charge is 2.30. The maximum absolute atomic E-state index is 13.1. The van der Waals surface area contributed by atoms with Gasteiger partial charge < -0.3 is 33.8 Å². The number of rotatable bonds is 77. The first-order chi connectivity index (χ1) is 47.3. The minimum atomic E-state index is -4.96. The van der Waals surface area contributed by atoms with Crippen LogP contribution in [0.2, 0.25) is 0 Å². The van der Waals surface area contributed by atoms with E-state index in [4.69, 9.17) is 37.0 Å². The molecule has 0 aromatic heterocycles. The molecule has 3 N–H and O–H groups in total. The summed E-state index contributed by atoms with van der Waals surface area (Å²) in [6, 6.07) is 0. The van der Waals surface area contributed by atoms with Crippen molar-refractivity contribution in [3.8, 4) is 0 Å². The van der Waals surface area contributed by atoms with Gasteiger partial charge in [-0.3, -0.25) is 37.3 Å². The van der Waals surface area contributed by atoms with Gasteiger partial charge in [0, 0.05) is 25.7 Å². The zero-order chi connectivity index (χ0) is 72.3. The van der Waals surface area contributed by atoms with Gasteiger partial charge in [0.15, 0.2) is 12.2 Å². The molecule has 19 heteroatoms. The summed E-state index contributed by atoms with van der Waals surface area (Å²) in [6.07, 6.45) is 56.8. The van der Waals surface area contributed by atoms with Crippen LogP contribution in [-0.4, -0.2) is 96.7 Å². The predicted octanol–water partition coefficient (Wildman–Crippen LogP) is 23.4. The zero-order valence-corrected chi connectivity index (χ0v) is 66.0. The molecule has 0 aliphatic carbocycles. The molecular formula is C79H154O17P2. The first kappa shape index (κ1) is 96.1. The van der Waals surface area contributed by atoms with E-state index in [2.05, 4.69) is 48.5 Å². The number of phosphoric acid groups is 2. The Hall–Kier alpha value is -1.94. The number of ether oxygens (including phenoxy) is 4. The van der Waals surface area contributed by atoms with Crippen molar-refractivity contribution in [3.63, 3.8) is 0 Å². The number of phosphoric ester groups is 2. The number of unbranched alkanes of at least 4 members (excludes halogenated alkanes) is 44. The average Bonchev–Trinajstić information content (AvgIpc) is 1.01. The van der Waals surface area contributed by atoms with E-state index in [9.17, 15) is 43.2 Å². The highest BCUT2D eigenvalue weighted by atomic mass is 31.2. The third-order valence-corrected chi connectivity index (χ3v) is 20.6. The molecule has 3 unspecified atom stereocenters. The number of hydrogen-bond donors (Lipinski definition) is 3. The summed E-state index contributed by atoms with van der Waals surface area (Å²) in [6.45, 7) is 12.0. The van der Waals surface area contributed by atoms with Crippen molar-refractivity contribution < 1.29 is 80.2 Å². The van der Waals surface area contributed by atoms with Crippen molar-refractivity contribution in [1.82, 2.24) is 0 Å². The minimum absolute atomic E-state index is 0.105. The highest BCUT2D eigenvalue weighted by molar-refractivity contribution is 7.47. The van der Waals surface area contributed by atoms with Gasteiger partial charge in [-0.1, -0.05) is 357 Å². The Labute approximate surface area is 600 Å². The van der Waals surface area contributed by atoms with E-state index in [1.165, 1.54) is 218 Å². The number of aliphatic hydroxyl groups excluding tert-OH is 1. The van der Waals surface area contributed by atoms with Crippen LogP contribution >= 0.6 is 15.6 Å². The molecule has 98 heavy (non-hydrogen) atoms. The first-order valence-corrected chi connectivity index (χ1v) is 43.9. The van der Waals surface area contributed by atoms with Gasteiger partial charge >= 0.3 is 39.5 Å². The molecule has 0 aliphatic rings. The lowest BCUT2D eigenvalue weighted by Gasteiger charge is -2.21. The fraction of sp³-hybridized carbons (Fsp3) is 0.949. The Morgan fingerprint density at radius 1 is 0.296 bits per heavy atom. The molecule has 0 aliphatic heterocycles. The van der Waals surface area contributed by atoms with Crippen LogP contribution in [0.5, 0.6) is 0 Å². The number of carbonyl (C=O) groups is 4. The summed E-state index contributed by atoms with van der Waals surface area (Å²) in [5.74, 6) is 0.263. The fourth-order valence-corrected chi connectivity index (χ4v) is 13.7. The Morgan fingerprint density at radius 3 is 0.776 bits per heavy atom. The van der Waals surface area contributed by atoms with Crippen molar-refractivity contribution in [2.24, 2.45) is 17.8 Å². The van der Waals surface area contributed by atoms with Gasteiger partial charge in [0.25, 0.3) is 0 Å². The Morgan fingerprint density at radius 2 is 0.520 bits per heavy atom. The van der Waals surface area contributed by atoms with Gasteiger partial charge in [-0.2, -0.15) is 0 Å². The maximum Gasteiger partial charge on any atom is 0.472 e. The van der Waals surface area contributed by atoms with Gasteiger partial charge in [0.2, 0.25) is 0 Å². The smallest absolute Gasteiger partial charge is 0.462 e. The van der Waals surface area contributed by atoms with Crippen molar-refractivity contribution >= 4 is 39.5 Å². The van der Waals surface area contributed by atoms with Crippen LogP contribution in [0.15, 0.2) is 0 Å². The van der Waals surface area contributed by atoms with Crippen LogP contribution in [0.4, 0.5) is 0 Å². The van der Waals surface area contributed by atoms with Crippen LogP contribution in [-0.2, 0) is 65.4 Å². The topological polar surface area (TPSA) is 237 Å². The van der Waals surface area contributed by atoms with Crippen LogP contribution in [0.25, 0.3) is 0 Å². The molecule has 6 atom stereocenters. The van der Waals surface area contributed by atoms with Gasteiger partial charge in [-0.15, -0.1) is 0 Å². The van der Waals surface area contributed by atoms with E-state index in [0.717, 1.165) is 108 Å². The van der Waals surface area contributed by atoms with Crippen molar-refractivity contribution in [3.05, 3.63) is 0 Å². The Balaban J connectivity index is 5.24. The Kier molecular flexibility index (Phi) is 68.1. The lowest BCUT2D eigenvalue weighted by Crippen LogP contribution is -2.30. The predicted molar refractivity (Wildman–Crippen MR) is 400 cm³/mol. The van der Waals surface area contributed by atoms with Crippen LogP contribution < -0.4 is 0 Å². The number of esters is 4. The largest absolute Gasteiger partial charge is 0.472 e. The lowest BCUT2D eigenvalue weighted by molar-refractivity contribution is -0.161. The van der Waals surface area contributed by atoms with Gasteiger partial charge in [-0.05, 0) is 43.4 Å². The van der Waals surface area contributed by atoms with E-state index in [1.54, 1.807) is 0 Å². The molecule has 0 aromatic carbocycles. The van der Waals surface area contributed by atoms with Crippen molar-refractivity contribution in [1.29, 1.82) is 0 Å². The molecule has 0 bridgehead atoms. The van der Waals surface area contributed by atoms with Crippen LogP contribution in [0.1, 0.15) is 408 Å². The second kappa shape index (κ2) is 69.4. The summed E-state index contributed by atoms with van der Waals surface area (Å²) in [5.41, 5.74) is 0. The SMILES string of the molecule is CCCCCCCCCCCCC(=O)OC[C@H](COP(=O)(O)OC[C@H](O)COP(=O)(O)OC[C@@H](COC(=O)CCCCCCCCCCCCCCCCC(C)C)OC(=O)CCCCCCCCCCCCCCCCCCC(C)C)OC(=O)CCCCCCCCCCC(C)CC. The number of carbonyl (C=O) groups excluding carboxylic acids is 4. The Bertz CT molecular complexity index is 1910. The number of aliphatic hydroxyl groups is 1. The highest BCUT2D eigenvalue weighted by Crippen LogP contribution is 2.45. The van der Waals surface area contributed by atoms with E-state index in [0.29, 0.717) is 25.7 Å². The monoisotopic (exact) mass is 1440 g/mol. The van der Waals surface area contributed by atoms with Crippen molar-refractivity contribution in [2.75, 3.05) is 39.6 Å². The molecule has 582 valence electrons. The summed E-state index contributed by atoms with van der Waals surface area (Å²) >= 11 is 0. The van der Waals surface area contributed by atoms with E-state index in [1.807, 2.05) is 0 Å². The molecule has 0 rings (SSSR count). The zero-order valence-electron chi connectivity index (χ0n) is 64.3. The van der Waals surface area contributed by atoms with Crippen LogP contribution in [0, 0.1) is 17.8 Å². The van der Waals surface area contributed by atoms with Crippen molar-refractivity contribution in [2.45, 2.75) is 426 Å². The summed E-state index contributed by atoms with van der Waals surface area (Å²) in [7, 11) is -9.92. The maximum atomic E-state index is 13.1. The molecule has 0 radical (unpaired) electrons. The molecule has 0 heterocycles. The molecule has 0 fully saturated rings. The van der Waals surface area contributed by atoms with Crippen LogP contribution in [0.3, 0.4) is 0 Å². The molecule has 17 nitrogen and oxygen atoms in total. The minimum Gasteiger partial charge on any atom is -0.462 e. The molecule has 0 spiro atoms. The first-order valence-electron chi connectivity index (χ1n) is 40.9. The summed E-state index contributed by atoms with van der Waals surface area (Å²) < 4.78 is 68.6. The third kappa shape index (κ3) is 71.1. The molecule has 0 amide bonds. The fourth-order valence-electron chi connectivity index (χ4n) is 12.1. The average molecular weight is 1440 g/mol. The summed E-state index contributed by atoms with van der Waals surface area (Å²) in [4.78, 5) is 72.9. The van der Waals surface area contributed by atoms with E-state index in [-0.39, 0.29) is 25.7 Å². The van der Waals surface area contributed by atoms with E-state index < -0.39 is 97.5 Å². The summed E-state index contributed by atoms with van der Waals surface area (Å²) in [5, 5.41) is 10.6.